The van der Waals surface area contributed by atoms with E-state index in [0.29, 0.717) is 6.61 Å². The molecule has 1 aliphatic carbocycles. The van der Waals surface area contributed by atoms with Gasteiger partial charge < -0.3 is 33.9 Å². The molecule has 0 bridgehead atoms. The summed E-state index contributed by atoms with van der Waals surface area (Å²) in [4.78, 5) is 0. The molecule has 31 heavy (non-hydrogen) atoms. The zero-order valence-electron chi connectivity index (χ0n) is 18.0. The van der Waals surface area contributed by atoms with Crippen molar-refractivity contribution >= 4 is 0 Å². The van der Waals surface area contributed by atoms with Crippen LogP contribution >= 0.6 is 0 Å². The summed E-state index contributed by atoms with van der Waals surface area (Å²) in [6, 6.07) is 17.2. The number of methoxy groups -OCH3 is 1. The van der Waals surface area contributed by atoms with Crippen LogP contribution in [-0.4, -0.2) is 59.7 Å². The fraction of sp³-hybridized carbons (Fsp3) is 0.500. The summed E-state index contributed by atoms with van der Waals surface area (Å²) in [6.45, 7) is 4.13. The third kappa shape index (κ3) is 4.92. The van der Waals surface area contributed by atoms with Gasteiger partial charge in [-0.15, -0.1) is 0 Å². The lowest BCUT2D eigenvalue weighted by molar-refractivity contribution is -0.227. The van der Waals surface area contributed by atoms with Crippen molar-refractivity contribution in [1.82, 2.24) is 0 Å². The third-order valence-corrected chi connectivity index (χ3v) is 5.72. The SMILES string of the molecule is COc1ccc(CO[C@H]2C(OCc3ccccc3)[C@H]3OC(C)(C)OC3[C@H](O)[C@H]2O)cc1. The lowest BCUT2D eigenvalue weighted by Crippen LogP contribution is -2.64. The van der Waals surface area contributed by atoms with Gasteiger partial charge in [-0.1, -0.05) is 42.5 Å². The quantitative estimate of drug-likeness (QED) is 0.698. The summed E-state index contributed by atoms with van der Waals surface area (Å²) < 4.78 is 29.4. The van der Waals surface area contributed by atoms with Crippen LogP contribution in [0, 0.1) is 0 Å². The van der Waals surface area contributed by atoms with Gasteiger partial charge in [-0.25, -0.2) is 0 Å². The van der Waals surface area contributed by atoms with Gasteiger partial charge in [0.2, 0.25) is 0 Å². The lowest BCUT2D eigenvalue weighted by Gasteiger charge is -2.43. The summed E-state index contributed by atoms with van der Waals surface area (Å²) in [5.74, 6) is -0.141. The van der Waals surface area contributed by atoms with Crippen LogP contribution in [0.4, 0.5) is 0 Å². The van der Waals surface area contributed by atoms with Crippen molar-refractivity contribution in [2.45, 2.75) is 69.5 Å². The van der Waals surface area contributed by atoms with Crippen molar-refractivity contribution in [2.24, 2.45) is 0 Å². The van der Waals surface area contributed by atoms with Crippen LogP contribution in [0.2, 0.25) is 0 Å². The summed E-state index contributed by atoms with van der Waals surface area (Å²) in [6.07, 6.45) is -5.02. The predicted molar refractivity (Wildman–Crippen MR) is 112 cm³/mol. The molecule has 7 nitrogen and oxygen atoms in total. The second-order valence-corrected chi connectivity index (χ2v) is 8.43. The van der Waals surface area contributed by atoms with Crippen LogP contribution in [0.3, 0.4) is 0 Å². The maximum Gasteiger partial charge on any atom is 0.164 e. The number of ether oxygens (including phenoxy) is 5. The maximum absolute atomic E-state index is 10.9. The minimum absolute atomic E-state index is 0.241. The predicted octanol–water partition coefficient (Wildman–Crippen LogP) is 2.42. The Hall–Kier alpha value is -2.00. The standard InChI is InChI=1S/C24H30O7/c1-24(2)30-21-19(26)18(25)20(28-14-16-9-11-17(27-3)12-10-16)22(23(21)31-24)29-13-15-7-5-4-6-8-15/h4-12,18-23,25-26H,13-14H2,1-3H3/t18-,19-,20-,21?,22?,23+/m1/s1. The fourth-order valence-electron chi connectivity index (χ4n) is 4.17. The normalized spacial score (nSPS) is 31.9. The number of hydrogen-bond acceptors (Lipinski definition) is 7. The second-order valence-electron chi connectivity index (χ2n) is 8.43. The highest BCUT2D eigenvalue weighted by Crippen LogP contribution is 2.40. The van der Waals surface area contributed by atoms with Gasteiger partial charge in [-0.2, -0.15) is 0 Å². The highest BCUT2D eigenvalue weighted by atomic mass is 16.8. The molecule has 0 spiro atoms. The van der Waals surface area contributed by atoms with E-state index in [4.69, 9.17) is 23.7 Å². The molecule has 7 heteroatoms. The van der Waals surface area contributed by atoms with Crippen molar-refractivity contribution in [3.05, 3.63) is 65.7 Å². The fourth-order valence-corrected chi connectivity index (χ4v) is 4.17. The summed E-state index contributed by atoms with van der Waals surface area (Å²) in [5, 5.41) is 21.6. The molecule has 6 atom stereocenters. The molecule has 1 saturated heterocycles. The van der Waals surface area contributed by atoms with E-state index in [9.17, 15) is 10.2 Å². The molecular weight excluding hydrogens is 400 g/mol. The van der Waals surface area contributed by atoms with Gasteiger partial charge in [0.05, 0.1) is 20.3 Å². The summed E-state index contributed by atoms with van der Waals surface area (Å²) in [7, 11) is 1.61. The molecule has 2 aliphatic rings. The molecule has 2 unspecified atom stereocenters. The van der Waals surface area contributed by atoms with Crippen molar-refractivity contribution < 1.29 is 33.9 Å². The van der Waals surface area contributed by atoms with Gasteiger partial charge >= 0.3 is 0 Å². The number of aliphatic hydroxyl groups is 2. The Kier molecular flexibility index (Phi) is 6.62. The molecule has 1 heterocycles. The van der Waals surface area contributed by atoms with E-state index >= 15 is 0 Å². The molecule has 2 aromatic rings. The molecule has 2 fully saturated rings. The molecular formula is C24H30O7. The van der Waals surface area contributed by atoms with Gasteiger partial charge in [0, 0.05) is 0 Å². The largest absolute Gasteiger partial charge is 0.497 e. The molecule has 168 valence electrons. The minimum atomic E-state index is -1.18. The van der Waals surface area contributed by atoms with Crippen molar-refractivity contribution in [3.63, 3.8) is 0 Å². The van der Waals surface area contributed by atoms with E-state index in [2.05, 4.69) is 0 Å². The highest BCUT2D eigenvalue weighted by molar-refractivity contribution is 5.26. The Balaban J connectivity index is 1.53. The Morgan fingerprint density at radius 3 is 2.00 bits per heavy atom. The highest BCUT2D eigenvalue weighted by Gasteiger charge is 2.58. The maximum atomic E-state index is 10.9. The van der Waals surface area contributed by atoms with Gasteiger partial charge in [0.15, 0.2) is 5.79 Å². The number of fused-ring (bicyclic) bond motifs is 1. The van der Waals surface area contributed by atoms with Crippen LogP contribution < -0.4 is 4.74 Å². The first-order valence-corrected chi connectivity index (χ1v) is 10.5. The third-order valence-electron chi connectivity index (χ3n) is 5.72. The van der Waals surface area contributed by atoms with E-state index in [1.807, 2.05) is 54.6 Å². The van der Waals surface area contributed by atoms with Crippen LogP contribution in [0.25, 0.3) is 0 Å². The zero-order chi connectivity index (χ0) is 22.0. The zero-order valence-corrected chi connectivity index (χ0v) is 18.0. The molecule has 0 aromatic heterocycles. The van der Waals surface area contributed by atoms with E-state index in [0.717, 1.165) is 16.9 Å². The lowest BCUT2D eigenvalue weighted by atomic mass is 9.84. The van der Waals surface area contributed by atoms with Crippen molar-refractivity contribution in [1.29, 1.82) is 0 Å². The van der Waals surface area contributed by atoms with Gasteiger partial charge in [-0.3, -0.25) is 0 Å². The number of hydrogen-bond donors (Lipinski definition) is 2. The Morgan fingerprint density at radius 2 is 1.35 bits per heavy atom. The minimum Gasteiger partial charge on any atom is -0.497 e. The first-order valence-electron chi connectivity index (χ1n) is 10.5. The average Bonchev–Trinajstić information content (AvgIpc) is 3.11. The Labute approximate surface area is 182 Å². The van der Waals surface area contributed by atoms with Crippen molar-refractivity contribution in [2.75, 3.05) is 7.11 Å². The average molecular weight is 430 g/mol. The van der Waals surface area contributed by atoms with Crippen LogP contribution in [0.5, 0.6) is 5.75 Å². The molecule has 2 aromatic carbocycles. The molecule has 0 amide bonds. The van der Waals surface area contributed by atoms with Crippen molar-refractivity contribution in [3.8, 4) is 5.75 Å². The molecule has 1 saturated carbocycles. The van der Waals surface area contributed by atoms with E-state index in [1.54, 1.807) is 21.0 Å². The Bertz CT molecular complexity index is 839. The second kappa shape index (κ2) is 9.24. The first kappa shape index (κ1) is 22.2. The van der Waals surface area contributed by atoms with E-state index < -0.39 is 42.4 Å². The Morgan fingerprint density at radius 1 is 0.774 bits per heavy atom. The smallest absolute Gasteiger partial charge is 0.164 e. The van der Waals surface area contributed by atoms with Gasteiger partial charge in [-0.05, 0) is 37.1 Å². The molecule has 2 N–H and O–H groups in total. The first-order chi connectivity index (χ1) is 14.9. The number of aliphatic hydroxyl groups excluding tert-OH is 2. The van der Waals surface area contributed by atoms with Gasteiger partial charge in [0.1, 0.15) is 42.4 Å². The molecule has 0 radical (unpaired) electrons. The van der Waals surface area contributed by atoms with Crippen LogP contribution in [-0.2, 0) is 32.2 Å². The molecule has 4 rings (SSSR count). The van der Waals surface area contributed by atoms with Crippen LogP contribution in [0.15, 0.2) is 54.6 Å². The van der Waals surface area contributed by atoms with Gasteiger partial charge in [0.25, 0.3) is 0 Å². The summed E-state index contributed by atoms with van der Waals surface area (Å²) >= 11 is 0. The molecule has 1 aliphatic heterocycles. The number of benzene rings is 2. The number of rotatable bonds is 7. The summed E-state index contributed by atoms with van der Waals surface area (Å²) in [5.41, 5.74) is 1.90. The van der Waals surface area contributed by atoms with E-state index in [1.165, 1.54) is 0 Å². The monoisotopic (exact) mass is 430 g/mol. The topological polar surface area (TPSA) is 86.6 Å². The van der Waals surface area contributed by atoms with Crippen LogP contribution in [0.1, 0.15) is 25.0 Å². The van der Waals surface area contributed by atoms with E-state index in [-0.39, 0.29) is 6.61 Å².